The van der Waals surface area contributed by atoms with Gasteiger partial charge < -0.3 is 11.1 Å². The van der Waals surface area contributed by atoms with E-state index in [4.69, 9.17) is 5.73 Å². The molecule has 2 aromatic rings. The van der Waals surface area contributed by atoms with Crippen molar-refractivity contribution in [3.63, 3.8) is 0 Å². The van der Waals surface area contributed by atoms with Gasteiger partial charge in [-0.25, -0.2) is 9.97 Å². The molecule has 2 aromatic heterocycles. The fraction of sp³-hybridized carbons (Fsp3) is 0.353. The Morgan fingerprint density at radius 1 is 1.12 bits per heavy atom. The lowest BCUT2D eigenvalue weighted by Crippen LogP contribution is -2.41. The van der Waals surface area contributed by atoms with Crippen LogP contribution in [0.2, 0.25) is 0 Å². The summed E-state index contributed by atoms with van der Waals surface area (Å²) < 4.78 is 0. The van der Waals surface area contributed by atoms with Gasteiger partial charge in [-0.15, -0.1) is 24.8 Å². The summed E-state index contributed by atoms with van der Waals surface area (Å²) in [7, 11) is 0. The molecular formula is C17H24Cl2N4OS. The highest BCUT2D eigenvalue weighted by molar-refractivity contribution is 7.99. The third kappa shape index (κ3) is 6.15. The topological polar surface area (TPSA) is 80.9 Å². The second-order valence-corrected chi connectivity index (χ2v) is 6.34. The van der Waals surface area contributed by atoms with Crippen LogP contribution in [0.1, 0.15) is 26.7 Å². The minimum atomic E-state index is -0.516. The fourth-order valence-corrected chi connectivity index (χ4v) is 3.05. The van der Waals surface area contributed by atoms with Crippen LogP contribution in [0.5, 0.6) is 0 Å². The molecule has 0 atom stereocenters. The molecule has 0 unspecified atom stereocenters. The van der Waals surface area contributed by atoms with Crippen molar-refractivity contribution in [2.75, 3.05) is 11.9 Å². The Kier molecular flexibility index (Phi) is 10.7. The zero-order valence-electron chi connectivity index (χ0n) is 14.3. The highest BCUT2D eigenvalue weighted by Gasteiger charge is 2.33. The van der Waals surface area contributed by atoms with E-state index in [1.807, 2.05) is 38.1 Å². The number of rotatable bonds is 7. The maximum Gasteiger partial charge on any atom is 0.231 e. The van der Waals surface area contributed by atoms with E-state index in [0.717, 1.165) is 15.7 Å². The lowest BCUT2D eigenvalue weighted by molar-refractivity contribution is -0.125. The zero-order chi connectivity index (χ0) is 16.7. The smallest absolute Gasteiger partial charge is 0.231 e. The van der Waals surface area contributed by atoms with Gasteiger partial charge >= 0.3 is 0 Å². The molecule has 1 amide bonds. The van der Waals surface area contributed by atoms with Gasteiger partial charge in [0, 0.05) is 24.6 Å². The summed E-state index contributed by atoms with van der Waals surface area (Å²) in [6, 6.07) is 9.36. The Morgan fingerprint density at radius 3 is 2.36 bits per heavy atom. The third-order valence-corrected chi connectivity index (χ3v) is 4.95. The van der Waals surface area contributed by atoms with Gasteiger partial charge in [0.2, 0.25) is 5.91 Å². The molecule has 5 nitrogen and oxygen atoms in total. The summed E-state index contributed by atoms with van der Waals surface area (Å²) in [5, 5.41) is 4.62. The van der Waals surface area contributed by atoms with Gasteiger partial charge in [0.1, 0.15) is 10.1 Å². The molecule has 138 valence electrons. The number of aromatic nitrogens is 2. The number of anilines is 1. The second kappa shape index (κ2) is 11.3. The molecule has 0 spiro atoms. The van der Waals surface area contributed by atoms with E-state index in [1.165, 1.54) is 11.8 Å². The van der Waals surface area contributed by atoms with Crippen LogP contribution in [0.25, 0.3) is 0 Å². The first kappa shape index (κ1) is 23.7. The Bertz CT molecular complexity index is 646. The number of nitrogens with zero attached hydrogens (tertiary/aromatic N) is 2. The van der Waals surface area contributed by atoms with Crippen molar-refractivity contribution in [2.24, 2.45) is 11.1 Å². The average molecular weight is 403 g/mol. The molecule has 2 heterocycles. The van der Waals surface area contributed by atoms with Gasteiger partial charge in [0.15, 0.2) is 0 Å². The maximum absolute atomic E-state index is 12.6. The third-order valence-electron chi connectivity index (χ3n) is 4.07. The van der Waals surface area contributed by atoms with Gasteiger partial charge in [-0.2, -0.15) is 0 Å². The number of hydrogen-bond donors (Lipinski definition) is 2. The SMILES string of the molecule is CCC(CC)(CN)C(=O)Nc1ccnc(Sc2ccccn2)c1.Cl.Cl. The number of nitrogens with two attached hydrogens (primary N) is 1. The van der Waals surface area contributed by atoms with E-state index >= 15 is 0 Å². The quantitative estimate of drug-likeness (QED) is 0.725. The van der Waals surface area contributed by atoms with Crippen molar-refractivity contribution in [1.29, 1.82) is 0 Å². The molecule has 0 bridgehead atoms. The molecule has 0 saturated heterocycles. The Labute approximate surface area is 165 Å². The van der Waals surface area contributed by atoms with Crippen LogP contribution in [-0.4, -0.2) is 22.4 Å². The number of amides is 1. The molecule has 25 heavy (non-hydrogen) atoms. The van der Waals surface area contributed by atoms with E-state index in [-0.39, 0.29) is 30.7 Å². The molecule has 0 aliphatic heterocycles. The zero-order valence-corrected chi connectivity index (χ0v) is 16.7. The number of nitrogens with one attached hydrogen (secondary N) is 1. The summed E-state index contributed by atoms with van der Waals surface area (Å²) in [5.41, 5.74) is 6.04. The molecule has 0 fully saturated rings. The molecule has 0 aliphatic carbocycles. The summed E-state index contributed by atoms with van der Waals surface area (Å²) >= 11 is 1.46. The monoisotopic (exact) mass is 402 g/mol. The fourth-order valence-electron chi connectivity index (χ4n) is 2.27. The standard InChI is InChI=1S/C17H22N4OS.2ClH/c1-3-17(4-2,12-18)16(22)21-13-8-10-20-15(11-13)23-14-7-5-6-9-19-14;;/h5-11H,3-4,12,18H2,1-2H3,(H,20,21,22);2*1H. The van der Waals surface area contributed by atoms with Gasteiger partial charge in [-0.1, -0.05) is 31.7 Å². The number of halogens is 2. The van der Waals surface area contributed by atoms with Crippen LogP contribution in [0, 0.1) is 5.41 Å². The van der Waals surface area contributed by atoms with E-state index in [0.29, 0.717) is 19.4 Å². The van der Waals surface area contributed by atoms with E-state index in [1.54, 1.807) is 18.5 Å². The Morgan fingerprint density at radius 2 is 1.80 bits per heavy atom. The van der Waals surface area contributed by atoms with Crippen LogP contribution < -0.4 is 11.1 Å². The molecule has 0 radical (unpaired) electrons. The van der Waals surface area contributed by atoms with Crippen LogP contribution in [0.15, 0.2) is 52.8 Å². The summed E-state index contributed by atoms with van der Waals surface area (Å²) in [6.45, 7) is 4.32. The minimum Gasteiger partial charge on any atom is -0.329 e. The second-order valence-electron chi connectivity index (χ2n) is 5.30. The first-order chi connectivity index (χ1) is 11.1. The normalized spacial score (nSPS) is 10.4. The van der Waals surface area contributed by atoms with Crippen molar-refractivity contribution in [3.05, 3.63) is 42.7 Å². The highest BCUT2D eigenvalue weighted by atomic mass is 35.5. The van der Waals surface area contributed by atoms with E-state index < -0.39 is 5.41 Å². The van der Waals surface area contributed by atoms with Crippen LogP contribution >= 0.6 is 36.6 Å². The lowest BCUT2D eigenvalue weighted by atomic mass is 9.81. The molecule has 0 aromatic carbocycles. The molecule has 8 heteroatoms. The van der Waals surface area contributed by atoms with Crippen molar-refractivity contribution >= 4 is 48.2 Å². The highest BCUT2D eigenvalue weighted by Crippen LogP contribution is 2.29. The average Bonchev–Trinajstić information content (AvgIpc) is 2.58. The minimum absolute atomic E-state index is 0. The van der Waals surface area contributed by atoms with Gasteiger partial charge in [-0.3, -0.25) is 4.79 Å². The molecule has 2 rings (SSSR count). The largest absolute Gasteiger partial charge is 0.329 e. The van der Waals surface area contributed by atoms with Crippen LogP contribution in [0.4, 0.5) is 5.69 Å². The number of carbonyl (C=O) groups excluding carboxylic acids is 1. The van der Waals surface area contributed by atoms with Crippen molar-refractivity contribution in [2.45, 2.75) is 36.7 Å². The maximum atomic E-state index is 12.6. The predicted octanol–water partition coefficient (Wildman–Crippen LogP) is 4.18. The first-order valence-corrected chi connectivity index (χ1v) is 8.51. The molecule has 3 N–H and O–H groups in total. The molecular weight excluding hydrogens is 379 g/mol. The van der Waals surface area contributed by atoms with Gasteiger partial charge in [-0.05, 0) is 37.1 Å². The molecule has 0 aliphatic rings. The van der Waals surface area contributed by atoms with E-state index in [2.05, 4.69) is 15.3 Å². The number of pyridine rings is 2. The van der Waals surface area contributed by atoms with Crippen molar-refractivity contribution in [1.82, 2.24) is 9.97 Å². The van der Waals surface area contributed by atoms with Gasteiger partial charge in [0.25, 0.3) is 0 Å². The van der Waals surface area contributed by atoms with E-state index in [9.17, 15) is 4.79 Å². The lowest BCUT2D eigenvalue weighted by Gasteiger charge is -2.28. The summed E-state index contributed by atoms with van der Waals surface area (Å²) in [4.78, 5) is 21.1. The van der Waals surface area contributed by atoms with Crippen LogP contribution in [0.3, 0.4) is 0 Å². The van der Waals surface area contributed by atoms with Crippen molar-refractivity contribution < 1.29 is 4.79 Å². The van der Waals surface area contributed by atoms with Crippen LogP contribution in [-0.2, 0) is 4.79 Å². The van der Waals surface area contributed by atoms with Gasteiger partial charge in [0.05, 0.1) is 5.41 Å². The summed E-state index contributed by atoms with van der Waals surface area (Å²) in [5.74, 6) is -0.0370. The number of hydrogen-bond acceptors (Lipinski definition) is 5. The first-order valence-electron chi connectivity index (χ1n) is 7.70. The Hall–Kier alpha value is -1.34. The van der Waals surface area contributed by atoms with Crippen molar-refractivity contribution in [3.8, 4) is 0 Å². The predicted molar refractivity (Wildman–Crippen MR) is 108 cm³/mol. The Balaban J connectivity index is 0.00000288. The molecule has 0 saturated carbocycles. The summed E-state index contributed by atoms with van der Waals surface area (Å²) in [6.07, 6.45) is 4.86. The number of carbonyl (C=O) groups is 1.